The van der Waals surface area contributed by atoms with Gasteiger partial charge in [0.15, 0.2) is 0 Å². The van der Waals surface area contributed by atoms with Crippen LogP contribution in [0.2, 0.25) is 5.02 Å². The summed E-state index contributed by atoms with van der Waals surface area (Å²) >= 11 is 5.98. The van der Waals surface area contributed by atoms with Gasteiger partial charge in [-0.15, -0.1) is 0 Å². The molecule has 0 aromatic heterocycles. The Morgan fingerprint density at radius 1 is 1.24 bits per heavy atom. The van der Waals surface area contributed by atoms with Crippen molar-refractivity contribution < 1.29 is 13.6 Å². The maximum atomic E-state index is 13.4. The largest absolute Gasteiger partial charge is 0.378 e. The molecule has 21 heavy (non-hydrogen) atoms. The van der Waals surface area contributed by atoms with E-state index < -0.39 is 17.5 Å². The number of nitrogens with two attached hydrogens (primary N) is 1. The molecule has 6 heteroatoms. The molecular formula is C15H13ClF2N2O. The number of hydrogen-bond acceptors (Lipinski definition) is 2. The Kier molecular flexibility index (Phi) is 4.43. The van der Waals surface area contributed by atoms with Crippen LogP contribution < -0.4 is 11.1 Å². The lowest BCUT2D eigenvalue weighted by atomic mass is 10.1. The molecule has 1 amide bonds. The molecular weight excluding hydrogens is 298 g/mol. The first-order valence-electron chi connectivity index (χ1n) is 6.19. The zero-order valence-electron chi connectivity index (χ0n) is 11.2. The van der Waals surface area contributed by atoms with Gasteiger partial charge in [-0.3, -0.25) is 4.79 Å². The summed E-state index contributed by atoms with van der Waals surface area (Å²) in [5.74, 6) is -1.95. The number of rotatable bonds is 4. The Morgan fingerprint density at radius 2 is 1.95 bits per heavy atom. The quantitative estimate of drug-likeness (QED) is 0.900. The monoisotopic (exact) mass is 310 g/mol. The zero-order valence-corrected chi connectivity index (χ0v) is 11.9. The number of anilines is 1. The first kappa shape index (κ1) is 15.3. The molecule has 2 aromatic carbocycles. The second-order valence-corrected chi connectivity index (χ2v) is 5.00. The first-order valence-corrected chi connectivity index (χ1v) is 6.57. The van der Waals surface area contributed by atoms with Crippen LogP contribution in [-0.2, 0) is 0 Å². The molecule has 0 heterocycles. The molecule has 0 bridgehead atoms. The van der Waals surface area contributed by atoms with E-state index in [0.29, 0.717) is 11.3 Å². The summed E-state index contributed by atoms with van der Waals surface area (Å²) in [4.78, 5) is 11.1. The van der Waals surface area contributed by atoms with Gasteiger partial charge in [0.2, 0.25) is 0 Å². The van der Waals surface area contributed by atoms with Crippen molar-refractivity contribution in [3.63, 3.8) is 0 Å². The van der Waals surface area contributed by atoms with Gasteiger partial charge in [0.05, 0.1) is 5.56 Å². The molecule has 0 aliphatic heterocycles. The maximum Gasteiger partial charge on any atom is 0.251 e. The smallest absolute Gasteiger partial charge is 0.251 e. The topological polar surface area (TPSA) is 55.1 Å². The molecule has 2 rings (SSSR count). The summed E-state index contributed by atoms with van der Waals surface area (Å²) in [6.45, 7) is 1.81. The van der Waals surface area contributed by atoms with Crippen molar-refractivity contribution in [1.29, 1.82) is 0 Å². The highest BCUT2D eigenvalue weighted by Crippen LogP contribution is 2.27. The predicted octanol–water partition coefficient (Wildman–Crippen LogP) is 3.89. The lowest BCUT2D eigenvalue weighted by Crippen LogP contribution is -2.14. The van der Waals surface area contributed by atoms with Crippen molar-refractivity contribution in [1.82, 2.24) is 0 Å². The fourth-order valence-electron chi connectivity index (χ4n) is 1.98. The number of halogens is 3. The molecule has 110 valence electrons. The molecule has 0 saturated heterocycles. The standard InChI is InChI=1S/C15H13ClF2N2O/c1-8(11-4-2-9(17)6-13(11)16)20-10-3-5-14(18)12(7-10)15(19)21/h2-8,20H,1H3,(H2,19,21). The van der Waals surface area contributed by atoms with E-state index in [2.05, 4.69) is 5.32 Å². The zero-order chi connectivity index (χ0) is 15.6. The molecule has 0 radical (unpaired) electrons. The lowest BCUT2D eigenvalue weighted by Gasteiger charge is -2.17. The number of benzene rings is 2. The minimum atomic E-state index is -0.844. The summed E-state index contributed by atoms with van der Waals surface area (Å²) in [5.41, 5.74) is 6.10. The summed E-state index contributed by atoms with van der Waals surface area (Å²) in [7, 11) is 0. The Morgan fingerprint density at radius 3 is 2.57 bits per heavy atom. The van der Waals surface area contributed by atoms with Crippen molar-refractivity contribution >= 4 is 23.2 Å². The van der Waals surface area contributed by atoms with Gasteiger partial charge < -0.3 is 11.1 Å². The van der Waals surface area contributed by atoms with E-state index in [1.807, 2.05) is 6.92 Å². The Balaban J connectivity index is 2.25. The van der Waals surface area contributed by atoms with Crippen molar-refractivity contribution in [2.75, 3.05) is 5.32 Å². The van der Waals surface area contributed by atoms with Crippen LogP contribution in [0, 0.1) is 11.6 Å². The van der Waals surface area contributed by atoms with Gasteiger partial charge in [-0.2, -0.15) is 0 Å². The van der Waals surface area contributed by atoms with E-state index in [-0.39, 0.29) is 16.6 Å². The molecule has 3 nitrogen and oxygen atoms in total. The highest BCUT2D eigenvalue weighted by molar-refractivity contribution is 6.31. The highest BCUT2D eigenvalue weighted by atomic mass is 35.5. The Labute approximate surface area is 125 Å². The SMILES string of the molecule is CC(Nc1ccc(F)c(C(N)=O)c1)c1ccc(F)cc1Cl. The van der Waals surface area contributed by atoms with Gasteiger partial charge >= 0.3 is 0 Å². The third-order valence-electron chi connectivity index (χ3n) is 3.04. The molecule has 0 saturated carbocycles. The third kappa shape index (κ3) is 3.49. The van der Waals surface area contributed by atoms with Gasteiger partial charge in [0.1, 0.15) is 11.6 Å². The van der Waals surface area contributed by atoms with Crippen LogP contribution in [0.3, 0.4) is 0 Å². The average Bonchev–Trinajstić information content (AvgIpc) is 2.40. The maximum absolute atomic E-state index is 13.4. The van der Waals surface area contributed by atoms with Crippen molar-refractivity contribution in [2.45, 2.75) is 13.0 Å². The van der Waals surface area contributed by atoms with Crippen LogP contribution in [0.1, 0.15) is 28.9 Å². The number of primary amides is 1. The van der Waals surface area contributed by atoms with Crippen LogP contribution >= 0.6 is 11.6 Å². The Bertz CT molecular complexity index is 691. The Hall–Kier alpha value is -2.14. The van der Waals surface area contributed by atoms with Gasteiger partial charge in [0, 0.05) is 16.8 Å². The second-order valence-electron chi connectivity index (χ2n) is 4.59. The predicted molar refractivity (Wildman–Crippen MR) is 78.4 cm³/mol. The van der Waals surface area contributed by atoms with Crippen LogP contribution in [0.25, 0.3) is 0 Å². The third-order valence-corrected chi connectivity index (χ3v) is 3.37. The van der Waals surface area contributed by atoms with E-state index in [4.69, 9.17) is 17.3 Å². The molecule has 1 atom stereocenters. The number of carbonyl (C=O) groups is 1. The number of carbonyl (C=O) groups excluding carboxylic acids is 1. The molecule has 0 spiro atoms. The van der Waals surface area contributed by atoms with Crippen molar-refractivity contribution in [3.8, 4) is 0 Å². The fourth-order valence-corrected chi connectivity index (χ4v) is 2.32. The minimum absolute atomic E-state index is 0.197. The normalized spacial score (nSPS) is 12.0. The first-order chi connectivity index (χ1) is 9.88. The van der Waals surface area contributed by atoms with Crippen LogP contribution in [0.15, 0.2) is 36.4 Å². The lowest BCUT2D eigenvalue weighted by molar-refractivity contribution is 0.0996. The summed E-state index contributed by atoms with van der Waals surface area (Å²) in [5, 5.41) is 3.34. The van der Waals surface area contributed by atoms with E-state index in [1.54, 1.807) is 6.07 Å². The van der Waals surface area contributed by atoms with Gasteiger partial charge in [-0.05, 0) is 42.8 Å². The van der Waals surface area contributed by atoms with Crippen molar-refractivity contribution in [3.05, 3.63) is 64.2 Å². The molecule has 1 unspecified atom stereocenters. The van der Waals surface area contributed by atoms with Gasteiger partial charge in [0.25, 0.3) is 5.91 Å². The number of amides is 1. The van der Waals surface area contributed by atoms with Crippen LogP contribution in [0.5, 0.6) is 0 Å². The van der Waals surface area contributed by atoms with Gasteiger partial charge in [-0.1, -0.05) is 17.7 Å². The average molecular weight is 311 g/mol. The van der Waals surface area contributed by atoms with Crippen LogP contribution in [0.4, 0.5) is 14.5 Å². The molecule has 0 aliphatic rings. The van der Waals surface area contributed by atoms with E-state index in [0.717, 1.165) is 6.07 Å². The molecule has 3 N–H and O–H groups in total. The summed E-state index contributed by atoms with van der Waals surface area (Å²) < 4.78 is 26.4. The highest BCUT2D eigenvalue weighted by Gasteiger charge is 2.13. The number of hydrogen-bond donors (Lipinski definition) is 2. The summed E-state index contributed by atoms with van der Waals surface area (Å²) in [6.07, 6.45) is 0. The molecule has 0 aliphatic carbocycles. The minimum Gasteiger partial charge on any atom is -0.378 e. The summed E-state index contributed by atoms with van der Waals surface area (Å²) in [6, 6.07) is 7.79. The van der Waals surface area contributed by atoms with Crippen molar-refractivity contribution in [2.24, 2.45) is 5.73 Å². The van der Waals surface area contributed by atoms with Crippen LogP contribution in [-0.4, -0.2) is 5.91 Å². The fraction of sp³-hybridized carbons (Fsp3) is 0.133. The van der Waals surface area contributed by atoms with E-state index >= 15 is 0 Å². The van der Waals surface area contributed by atoms with Gasteiger partial charge in [-0.25, -0.2) is 8.78 Å². The molecule has 0 fully saturated rings. The van der Waals surface area contributed by atoms with E-state index in [1.165, 1.54) is 24.3 Å². The van der Waals surface area contributed by atoms with E-state index in [9.17, 15) is 13.6 Å². The second kappa shape index (κ2) is 6.10. The molecule has 2 aromatic rings. The number of nitrogens with one attached hydrogen (secondary N) is 1.